The molecule has 8 heteroatoms. The van der Waals surface area contributed by atoms with Crippen molar-refractivity contribution >= 4 is 15.8 Å². The first-order valence-corrected chi connectivity index (χ1v) is 9.35. The van der Waals surface area contributed by atoms with E-state index in [0.29, 0.717) is 5.82 Å². The van der Waals surface area contributed by atoms with Crippen LogP contribution in [0.15, 0.2) is 41.4 Å². The molecule has 6 nitrogen and oxygen atoms in total. The molecule has 2 aromatic rings. The molecular weight excluding hydrogens is 331 g/mol. The van der Waals surface area contributed by atoms with E-state index in [1.54, 1.807) is 6.20 Å². The van der Waals surface area contributed by atoms with E-state index in [1.807, 2.05) is 6.07 Å². The van der Waals surface area contributed by atoms with Crippen molar-refractivity contribution < 1.29 is 12.8 Å². The number of aromatic nitrogens is 2. The van der Waals surface area contributed by atoms with E-state index in [4.69, 9.17) is 0 Å². The van der Waals surface area contributed by atoms with Crippen LogP contribution in [0.4, 0.5) is 10.2 Å². The third kappa shape index (κ3) is 4.07. The summed E-state index contributed by atoms with van der Waals surface area (Å²) in [5, 5.41) is 0. The summed E-state index contributed by atoms with van der Waals surface area (Å²) in [4.78, 5) is 10.7. The molecule has 0 bridgehead atoms. The normalized spacial score (nSPS) is 15.5. The maximum absolute atomic E-state index is 12.9. The lowest BCUT2D eigenvalue weighted by atomic mass is 10.1. The third-order valence-electron chi connectivity index (χ3n) is 3.92. The number of rotatable bonds is 5. The van der Waals surface area contributed by atoms with E-state index in [0.717, 1.165) is 43.9 Å². The summed E-state index contributed by atoms with van der Waals surface area (Å²) in [7, 11) is -3.72. The number of nitrogens with zero attached hydrogens (tertiary/aromatic N) is 3. The van der Waals surface area contributed by atoms with E-state index >= 15 is 0 Å². The lowest BCUT2D eigenvalue weighted by molar-refractivity contribution is 0.569. The van der Waals surface area contributed by atoms with Crippen molar-refractivity contribution in [1.82, 2.24) is 14.7 Å². The van der Waals surface area contributed by atoms with E-state index in [-0.39, 0.29) is 11.4 Å². The van der Waals surface area contributed by atoms with Gasteiger partial charge in [-0.15, -0.1) is 0 Å². The zero-order valence-electron chi connectivity index (χ0n) is 13.2. The molecule has 1 aromatic carbocycles. The molecule has 128 valence electrons. The first-order chi connectivity index (χ1) is 11.5. The third-order valence-corrected chi connectivity index (χ3v) is 5.33. The second-order valence-electron chi connectivity index (χ2n) is 5.66. The largest absolute Gasteiger partial charge is 0.357 e. The van der Waals surface area contributed by atoms with Crippen LogP contribution in [0.3, 0.4) is 0 Å². The molecule has 1 fully saturated rings. The molecule has 24 heavy (non-hydrogen) atoms. The quantitative estimate of drug-likeness (QED) is 0.894. The Morgan fingerprint density at radius 1 is 1.08 bits per heavy atom. The van der Waals surface area contributed by atoms with Gasteiger partial charge >= 0.3 is 0 Å². The maximum Gasteiger partial charge on any atom is 0.240 e. The molecule has 2 heterocycles. The lowest BCUT2D eigenvalue weighted by Crippen LogP contribution is -2.31. The van der Waals surface area contributed by atoms with Crippen molar-refractivity contribution in [3.8, 4) is 0 Å². The summed E-state index contributed by atoms with van der Waals surface area (Å²) in [6.45, 7) is 1.90. The fourth-order valence-electron chi connectivity index (χ4n) is 2.63. The van der Waals surface area contributed by atoms with Crippen molar-refractivity contribution in [3.05, 3.63) is 48.2 Å². The summed E-state index contributed by atoms with van der Waals surface area (Å²) >= 11 is 0. The van der Waals surface area contributed by atoms with Gasteiger partial charge in [-0.05, 0) is 49.6 Å². The van der Waals surface area contributed by atoms with Crippen LogP contribution in [0.1, 0.15) is 25.1 Å². The number of anilines is 1. The molecule has 0 aliphatic carbocycles. The van der Waals surface area contributed by atoms with Gasteiger partial charge < -0.3 is 4.90 Å². The van der Waals surface area contributed by atoms with Gasteiger partial charge in [-0.2, -0.15) is 0 Å². The number of nitrogens with one attached hydrogen (secondary N) is 1. The Bertz CT molecular complexity index is 790. The smallest absolute Gasteiger partial charge is 0.240 e. The van der Waals surface area contributed by atoms with Crippen molar-refractivity contribution in [2.24, 2.45) is 0 Å². The van der Waals surface area contributed by atoms with Crippen molar-refractivity contribution in [2.45, 2.75) is 30.7 Å². The number of hydrogen-bond acceptors (Lipinski definition) is 5. The molecule has 1 aliphatic rings. The Morgan fingerprint density at radius 3 is 2.50 bits per heavy atom. The molecule has 0 amide bonds. The summed E-state index contributed by atoms with van der Waals surface area (Å²) in [6, 6.07) is 6.51. The van der Waals surface area contributed by atoms with Gasteiger partial charge in [-0.25, -0.2) is 27.5 Å². The van der Waals surface area contributed by atoms with Gasteiger partial charge in [0.2, 0.25) is 10.0 Å². The average molecular weight is 350 g/mol. The standard InChI is InChI=1S/C16H19FN4O2S/c17-13-4-6-14(7-5-13)24(22,23)19-12-15-18-9-8-16(20-15)21-10-2-1-3-11-21/h4-9,19H,1-3,10-12H2. The molecule has 1 aromatic heterocycles. The highest BCUT2D eigenvalue weighted by Crippen LogP contribution is 2.17. The van der Waals surface area contributed by atoms with Gasteiger partial charge in [0.05, 0.1) is 11.4 Å². The monoisotopic (exact) mass is 350 g/mol. The minimum Gasteiger partial charge on any atom is -0.357 e. The summed E-state index contributed by atoms with van der Waals surface area (Å²) < 4.78 is 39.8. The highest BCUT2D eigenvalue weighted by Gasteiger charge is 2.16. The predicted molar refractivity (Wildman–Crippen MR) is 88.5 cm³/mol. The number of benzene rings is 1. The second-order valence-corrected chi connectivity index (χ2v) is 7.42. The molecule has 0 unspecified atom stereocenters. The Balaban J connectivity index is 1.68. The van der Waals surface area contributed by atoms with Gasteiger partial charge in [-0.3, -0.25) is 0 Å². The molecule has 1 aliphatic heterocycles. The highest BCUT2D eigenvalue weighted by atomic mass is 32.2. The second kappa shape index (κ2) is 7.23. The average Bonchev–Trinajstić information content (AvgIpc) is 2.61. The van der Waals surface area contributed by atoms with Gasteiger partial charge in [0.15, 0.2) is 0 Å². The zero-order valence-corrected chi connectivity index (χ0v) is 14.0. The first-order valence-electron chi connectivity index (χ1n) is 7.87. The van der Waals surface area contributed by atoms with Crippen LogP contribution in [-0.4, -0.2) is 31.5 Å². The van der Waals surface area contributed by atoms with Crippen LogP contribution in [0.25, 0.3) is 0 Å². The van der Waals surface area contributed by atoms with Gasteiger partial charge in [0.25, 0.3) is 0 Å². The van der Waals surface area contributed by atoms with Crippen LogP contribution < -0.4 is 9.62 Å². The van der Waals surface area contributed by atoms with Gasteiger partial charge in [-0.1, -0.05) is 0 Å². The minimum atomic E-state index is -3.72. The van der Waals surface area contributed by atoms with E-state index in [2.05, 4.69) is 19.6 Å². The van der Waals surface area contributed by atoms with Crippen molar-refractivity contribution in [2.75, 3.05) is 18.0 Å². The highest BCUT2D eigenvalue weighted by molar-refractivity contribution is 7.89. The molecule has 1 N–H and O–H groups in total. The minimum absolute atomic E-state index is 0.0103. The molecule has 0 radical (unpaired) electrons. The first kappa shape index (κ1) is 16.8. The topological polar surface area (TPSA) is 75.2 Å². The maximum atomic E-state index is 12.9. The SMILES string of the molecule is O=S(=O)(NCc1nccc(N2CCCCC2)n1)c1ccc(F)cc1. The lowest BCUT2D eigenvalue weighted by Gasteiger charge is -2.27. The number of sulfonamides is 1. The summed E-state index contributed by atoms with van der Waals surface area (Å²) in [6.07, 6.45) is 5.14. The van der Waals surface area contributed by atoms with Crippen molar-refractivity contribution in [3.63, 3.8) is 0 Å². The molecule has 3 rings (SSSR count). The van der Waals surface area contributed by atoms with E-state index < -0.39 is 15.8 Å². The Morgan fingerprint density at radius 2 is 1.79 bits per heavy atom. The molecular formula is C16H19FN4O2S. The number of piperidine rings is 1. The van der Waals surface area contributed by atoms with E-state index in [9.17, 15) is 12.8 Å². The zero-order chi connectivity index (χ0) is 17.0. The molecule has 0 atom stereocenters. The summed E-state index contributed by atoms with van der Waals surface area (Å²) in [5.41, 5.74) is 0. The molecule has 0 saturated carbocycles. The van der Waals surface area contributed by atoms with Crippen LogP contribution in [0.2, 0.25) is 0 Å². The fraction of sp³-hybridized carbons (Fsp3) is 0.375. The predicted octanol–water partition coefficient (Wildman–Crippen LogP) is 2.08. The molecule has 1 saturated heterocycles. The fourth-order valence-corrected chi connectivity index (χ4v) is 3.61. The Kier molecular flexibility index (Phi) is 5.06. The van der Waals surface area contributed by atoms with Gasteiger partial charge in [0, 0.05) is 19.3 Å². The van der Waals surface area contributed by atoms with Crippen molar-refractivity contribution in [1.29, 1.82) is 0 Å². The van der Waals surface area contributed by atoms with Crippen LogP contribution >= 0.6 is 0 Å². The van der Waals surface area contributed by atoms with Gasteiger partial charge in [0.1, 0.15) is 17.5 Å². The van der Waals surface area contributed by atoms with Crippen LogP contribution in [0, 0.1) is 5.82 Å². The summed E-state index contributed by atoms with van der Waals surface area (Å²) in [5.74, 6) is 0.746. The Hall–Kier alpha value is -2.06. The molecule has 0 spiro atoms. The Labute approximate surface area is 140 Å². The number of halogens is 1. The van der Waals surface area contributed by atoms with E-state index in [1.165, 1.54) is 18.6 Å². The number of hydrogen-bond donors (Lipinski definition) is 1. The van der Waals surface area contributed by atoms with Crippen LogP contribution in [-0.2, 0) is 16.6 Å². The van der Waals surface area contributed by atoms with Crippen LogP contribution in [0.5, 0.6) is 0 Å².